The standard InChI is InChI=1S/C13H8Cl3NO2/c14-7-1-3-10(15)9(5-7)13-11(16)4-2-8(17-13)6-12(18)19/h1-5H,6H2,(H,18,19). The highest BCUT2D eigenvalue weighted by molar-refractivity contribution is 6.37. The molecule has 98 valence electrons. The van der Waals surface area contributed by atoms with E-state index in [1.807, 2.05) is 0 Å². The van der Waals surface area contributed by atoms with E-state index < -0.39 is 5.97 Å². The molecule has 0 bridgehead atoms. The van der Waals surface area contributed by atoms with Gasteiger partial charge in [0.05, 0.1) is 27.9 Å². The van der Waals surface area contributed by atoms with Crippen LogP contribution in [0.3, 0.4) is 0 Å². The Bertz CT molecular complexity index is 644. The third-order valence-corrected chi connectivity index (χ3v) is 3.29. The summed E-state index contributed by atoms with van der Waals surface area (Å²) in [4.78, 5) is 14.9. The number of carbonyl (C=O) groups is 1. The van der Waals surface area contributed by atoms with Crippen molar-refractivity contribution in [3.05, 3.63) is 51.1 Å². The van der Waals surface area contributed by atoms with E-state index in [4.69, 9.17) is 39.9 Å². The van der Waals surface area contributed by atoms with E-state index in [-0.39, 0.29) is 6.42 Å². The summed E-state index contributed by atoms with van der Waals surface area (Å²) in [6.45, 7) is 0. The molecule has 1 aromatic heterocycles. The van der Waals surface area contributed by atoms with Gasteiger partial charge in [-0.25, -0.2) is 0 Å². The number of benzene rings is 1. The van der Waals surface area contributed by atoms with Crippen molar-refractivity contribution in [2.45, 2.75) is 6.42 Å². The van der Waals surface area contributed by atoms with Crippen LogP contribution in [0.25, 0.3) is 11.3 Å². The summed E-state index contributed by atoms with van der Waals surface area (Å²) in [7, 11) is 0. The first-order valence-corrected chi connectivity index (χ1v) is 6.43. The lowest BCUT2D eigenvalue weighted by atomic mass is 10.1. The van der Waals surface area contributed by atoms with Crippen LogP contribution in [0, 0.1) is 0 Å². The lowest BCUT2D eigenvalue weighted by Gasteiger charge is -2.08. The van der Waals surface area contributed by atoms with E-state index in [1.54, 1.807) is 30.3 Å². The molecule has 2 rings (SSSR count). The summed E-state index contributed by atoms with van der Waals surface area (Å²) < 4.78 is 0. The fourth-order valence-electron chi connectivity index (χ4n) is 1.60. The Balaban J connectivity index is 2.54. The normalized spacial score (nSPS) is 10.5. The smallest absolute Gasteiger partial charge is 0.309 e. The maximum Gasteiger partial charge on any atom is 0.309 e. The molecule has 0 atom stereocenters. The molecular formula is C13H8Cl3NO2. The molecule has 19 heavy (non-hydrogen) atoms. The average molecular weight is 317 g/mol. The van der Waals surface area contributed by atoms with Crippen LogP contribution in [0.4, 0.5) is 0 Å². The van der Waals surface area contributed by atoms with E-state index >= 15 is 0 Å². The Kier molecular flexibility index (Phi) is 4.30. The molecule has 0 amide bonds. The average Bonchev–Trinajstić information content (AvgIpc) is 2.34. The third-order valence-electron chi connectivity index (χ3n) is 2.42. The number of aromatic nitrogens is 1. The molecule has 0 radical (unpaired) electrons. The van der Waals surface area contributed by atoms with Crippen molar-refractivity contribution in [1.29, 1.82) is 0 Å². The van der Waals surface area contributed by atoms with Crippen LogP contribution in [0.1, 0.15) is 5.69 Å². The largest absolute Gasteiger partial charge is 0.481 e. The number of halogens is 3. The van der Waals surface area contributed by atoms with Gasteiger partial charge in [-0.1, -0.05) is 34.8 Å². The molecule has 0 spiro atoms. The summed E-state index contributed by atoms with van der Waals surface area (Å²) in [5, 5.41) is 10.1. The van der Waals surface area contributed by atoms with Crippen molar-refractivity contribution < 1.29 is 9.90 Å². The highest BCUT2D eigenvalue weighted by Crippen LogP contribution is 2.33. The number of hydrogen-bond donors (Lipinski definition) is 1. The van der Waals surface area contributed by atoms with Crippen LogP contribution >= 0.6 is 34.8 Å². The van der Waals surface area contributed by atoms with Gasteiger partial charge in [0.25, 0.3) is 0 Å². The Morgan fingerprint density at radius 1 is 1.11 bits per heavy atom. The lowest BCUT2D eigenvalue weighted by molar-refractivity contribution is -0.136. The predicted molar refractivity (Wildman–Crippen MR) is 76.0 cm³/mol. The topological polar surface area (TPSA) is 50.2 Å². The SMILES string of the molecule is O=C(O)Cc1ccc(Cl)c(-c2cc(Cl)ccc2Cl)n1. The first-order valence-electron chi connectivity index (χ1n) is 5.30. The molecule has 0 saturated heterocycles. The van der Waals surface area contributed by atoms with Gasteiger partial charge in [0, 0.05) is 10.6 Å². The molecule has 1 aromatic carbocycles. The minimum Gasteiger partial charge on any atom is -0.481 e. The fourth-order valence-corrected chi connectivity index (χ4v) is 2.19. The monoisotopic (exact) mass is 315 g/mol. The van der Waals surface area contributed by atoms with E-state index in [0.29, 0.717) is 32.0 Å². The number of carboxylic acids is 1. The van der Waals surface area contributed by atoms with E-state index in [2.05, 4.69) is 4.98 Å². The van der Waals surface area contributed by atoms with Crippen LogP contribution in [0.5, 0.6) is 0 Å². The zero-order chi connectivity index (χ0) is 14.0. The summed E-state index contributed by atoms with van der Waals surface area (Å²) in [6, 6.07) is 8.10. The number of hydrogen-bond acceptors (Lipinski definition) is 2. The van der Waals surface area contributed by atoms with Gasteiger partial charge in [0.15, 0.2) is 0 Å². The Labute approximate surface area is 124 Å². The van der Waals surface area contributed by atoms with Gasteiger partial charge in [-0.05, 0) is 30.3 Å². The molecular weight excluding hydrogens is 309 g/mol. The molecule has 1 N–H and O–H groups in total. The van der Waals surface area contributed by atoms with Crippen LogP contribution in [0.2, 0.25) is 15.1 Å². The van der Waals surface area contributed by atoms with Gasteiger partial charge in [0.1, 0.15) is 0 Å². The van der Waals surface area contributed by atoms with E-state index in [9.17, 15) is 4.79 Å². The maximum absolute atomic E-state index is 10.7. The zero-order valence-corrected chi connectivity index (χ0v) is 11.8. The second-order valence-electron chi connectivity index (χ2n) is 3.83. The Morgan fingerprint density at radius 2 is 1.79 bits per heavy atom. The minimum absolute atomic E-state index is 0.178. The highest BCUT2D eigenvalue weighted by atomic mass is 35.5. The van der Waals surface area contributed by atoms with Gasteiger partial charge in [-0.2, -0.15) is 0 Å². The Hall–Kier alpha value is -1.29. The van der Waals surface area contributed by atoms with Crippen molar-refractivity contribution >= 4 is 40.8 Å². The summed E-state index contributed by atoms with van der Waals surface area (Å²) >= 11 is 18.1. The second kappa shape index (κ2) is 5.78. The number of pyridine rings is 1. The number of carboxylic acid groups (broad SMARTS) is 1. The van der Waals surface area contributed by atoms with Gasteiger partial charge < -0.3 is 5.11 Å². The molecule has 0 aliphatic rings. The van der Waals surface area contributed by atoms with Crippen LogP contribution in [-0.4, -0.2) is 16.1 Å². The predicted octanol–water partition coefficient (Wildman–Crippen LogP) is 4.34. The maximum atomic E-state index is 10.7. The third kappa shape index (κ3) is 3.38. The van der Waals surface area contributed by atoms with Crippen LogP contribution in [0.15, 0.2) is 30.3 Å². The number of aliphatic carboxylic acids is 1. The van der Waals surface area contributed by atoms with Crippen LogP contribution < -0.4 is 0 Å². The molecule has 6 heteroatoms. The molecule has 3 nitrogen and oxygen atoms in total. The Morgan fingerprint density at radius 3 is 2.47 bits per heavy atom. The van der Waals surface area contributed by atoms with E-state index in [1.165, 1.54) is 0 Å². The van der Waals surface area contributed by atoms with Crippen molar-refractivity contribution in [3.63, 3.8) is 0 Å². The second-order valence-corrected chi connectivity index (χ2v) is 5.08. The van der Waals surface area contributed by atoms with Gasteiger partial charge in [-0.3, -0.25) is 9.78 Å². The van der Waals surface area contributed by atoms with E-state index in [0.717, 1.165) is 0 Å². The molecule has 0 unspecified atom stereocenters. The molecule has 0 saturated carbocycles. The summed E-state index contributed by atoms with van der Waals surface area (Å²) in [5.41, 5.74) is 1.40. The molecule has 0 aliphatic carbocycles. The minimum atomic E-state index is -0.960. The van der Waals surface area contributed by atoms with Crippen LogP contribution in [-0.2, 0) is 11.2 Å². The summed E-state index contributed by atoms with van der Waals surface area (Å²) in [5.74, 6) is -0.960. The first kappa shape index (κ1) is 14.1. The van der Waals surface area contributed by atoms with Crippen molar-refractivity contribution in [2.75, 3.05) is 0 Å². The quantitative estimate of drug-likeness (QED) is 0.916. The molecule has 0 aliphatic heterocycles. The van der Waals surface area contributed by atoms with Gasteiger partial charge in [0.2, 0.25) is 0 Å². The molecule has 0 fully saturated rings. The molecule has 2 aromatic rings. The van der Waals surface area contributed by atoms with Gasteiger partial charge in [-0.15, -0.1) is 0 Å². The number of nitrogens with zero attached hydrogens (tertiary/aromatic N) is 1. The van der Waals surface area contributed by atoms with Gasteiger partial charge >= 0.3 is 5.97 Å². The lowest BCUT2D eigenvalue weighted by Crippen LogP contribution is -2.03. The van der Waals surface area contributed by atoms with Crippen molar-refractivity contribution in [1.82, 2.24) is 4.98 Å². The number of rotatable bonds is 3. The highest BCUT2D eigenvalue weighted by Gasteiger charge is 2.12. The fraction of sp³-hybridized carbons (Fsp3) is 0.0769. The first-order chi connectivity index (χ1) is 8.97. The van der Waals surface area contributed by atoms with Crippen molar-refractivity contribution in [3.8, 4) is 11.3 Å². The summed E-state index contributed by atoms with van der Waals surface area (Å²) in [6.07, 6.45) is -0.178. The molecule has 1 heterocycles. The van der Waals surface area contributed by atoms with Crippen molar-refractivity contribution in [2.24, 2.45) is 0 Å². The zero-order valence-electron chi connectivity index (χ0n) is 9.53.